The third-order valence-electron chi connectivity index (χ3n) is 3.54. The first-order valence-electron chi connectivity index (χ1n) is 9.55. The summed E-state index contributed by atoms with van der Waals surface area (Å²) in [6.45, 7) is 6.40. The zero-order valence-corrected chi connectivity index (χ0v) is 20.6. The zero-order chi connectivity index (χ0) is 23.5. The number of benzene rings is 1. The highest BCUT2D eigenvalue weighted by molar-refractivity contribution is 9.10. The van der Waals surface area contributed by atoms with Crippen molar-refractivity contribution < 1.29 is 42.2 Å². The number of ether oxygens (including phenoxy) is 3. The smallest absolute Gasteiger partial charge is 0.383 e. The van der Waals surface area contributed by atoms with Gasteiger partial charge in [-0.3, -0.25) is 4.57 Å². The van der Waals surface area contributed by atoms with Crippen LogP contribution in [-0.4, -0.2) is 55.4 Å². The van der Waals surface area contributed by atoms with Gasteiger partial charge in [-0.15, -0.1) is 0 Å². The SMILES string of the molecule is CCOC(=O)C(Br)(O/N=C(/c1ccc(OC)cc1)P(=O)(OCC)OCC)C(=O)OCC. The maximum atomic E-state index is 13.4. The number of carbonyl (C=O) groups excluding carboxylic acids is 2. The van der Waals surface area contributed by atoms with Gasteiger partial charge < -0.3 is 28.1 Å². The summed E-state index contributed by atoms with van der Waals surface area (Å²) in [5, 5.41) is 3.85. The van der Waals surface area contributed by atoms with Crippen molar-refractivity contribution in [2.45, 2.75) is 32.2 Å². The number of halogens is 1. The molecule has 0 atom stereocenters. The average Bonchev–Trinajstić information content (AvgIpc) is 2.74. The van der Waals surface area contributed by atoms with Crippen LogP contribution in [0, 0.1) is 0 Å². The first kappa shape index (κ1) is 27.1. The molecule has 0 amide bonds. The predicted octanol–water partition coefficient (Wildman–Crippen LogP) is 3.86. The molecule has 0 aromatic heterocycles. The van der Waals surface area contributed by atoms with Gasteiger partial charge in [0.25, 0.3) is 0 Å². The van der Waals surface area contributed by atoms with E-state index in [1.54, 1.807) is 52.0 Å². The molecule has 0 aliphatic heterocycles. The molecule has 0 saturated heterocycles. The maximum absolute atomic E-state index is 13.4. The lowest BCUT2D eigenvalue weighted by molar-refractivity contribution is -0.176. The summed E-state index contributed by atoms with van der Waals surface area (Å²) in [5.41, 5.74) is 0.0462. The van der Waals surface area contributed by atoms with Gasteiger partial charge >= 0.3 is 24.0 Å². The van der Waals surface area contributed by atoms with E-state index in [-0.39, 0.29) is 31.9 Å². The van der Waals surface area contributed by atoms with Crippen LogP contribution in [0.1, 0.15) is 33.3 Å². The van der Waals surface area contributed by atoms with Gasteiger partial charge in [0, 0.05) is 5.56 Å². The summed E-state index contributed by atoms with van der Waals surface area (Å²) in [5.74, 6) is -1.64. The Hall–Kier alpha value is -1.94. The normalized spacial score (nSPS) is 12.3. The van der Waals surface area contributed by atoms with Gasteiger partial charge in [0.15, 0.2) is 5.45 Å². The fraction of sp³-hybridized carbons (Fsp3) is 0.526. The van der Waals surface area contributed by atoms with Crippen LogP contribution in [0.4, 0.5) is 0 Å². The molecule has 0 spiro atoms. The van der Waals surface area contributed by atoms with Crippen molar-refractivity contribution in [3.05, 3.63) is 29.8 Å². The molecule has 0 aliphatic rings. The van der Waals surface area contributed by atoms with Crippen LogP contribution in [-0.2, 0) is 37.5 Å². The summed E-state index contributed by atoms with van der Waals surface area (Å²) < 4.78 is 36.7. The van der Waals surface area contributed by atoms with Crippen LogP contribution in [0.15, 0.2) is 29.4 Å². The van der Waals surface area contributed by atoms with E-state index in [0.29, 0.717) is 11.3 Å². The number of oxime groups is 1. The van der Waals surface area contributed by atoms with Crippen molar-refractivity contribution >= 4 is 40.9 Å². The topological polar surface area (TPSA) is 119 Å². The number of hydrogen-bond acceptors (Lipinski definition) is 10. The van der Waals surface area contributed by atoms with E-state index in [9.17, 15) is 14.2 Å². The zero-order valence-electron chi connectivity index (χ0n) is 18.1. The summed E-state index contributed by atoms with van der Waals surface area (Å²) >= 11 is 2.92. The van der Waals surface area contributed by atoms with E-state index in [4.69, 9.17) is 28.1 Å². The number of esters is 2. The predicted molar refractivity (Wildman–Crippen MR) is 116 cm³/mol. The molecule has 174 valence electrons. The van der Waals surface area contributed by atoms with E-state index in [0.717, 1.165) is 0 Å². The highest BCUT2D eigenvalue weighted by Crippen LogP contribution is 2.52. The molecule has 1 rings (SSSR count). The molecule has 0 radical (unpaired) electrons. The maximum Gasteiger partial charge on any atom is 0.383 e. The van der Waals surface area contributed by atoms with Gasteiger partial charge in [-0.25, -0.2) is 9.59 Å². The van der Waals surface area contributed by atoms with Gasteiger partial charge in [-0.2, -0.15) is 0 Å². The molecule has 31 heavy (non-hydrogen) atoms. The molecule has 0 aliphatic carbocycles. The second-order valence-corrected chi connectivity index (χ2v) is 8.66. The number of methoxy groups -OCH3 is 1. The minimum Gasteiger partial charge on any atom is -0.497 e. The molecule has 1 aromatic carbocycles. The molecule has 0 N–H and O–H groups in total. The van der Waals surface area contributed by atoms with Crippen LogP contribution in [0.3, 0.4) is 0 Å². The molecular weight excluding hydrogens is 497 g/mol. The number of nitrogens with zero attached hydrogens (tertiary/aromatic N) is 1. The summed E-state index contributed by atoms with van der Waals surface area (Å²) in [7, 11) is -2.50. The lowest BCUT2D eigenvalue weighted by Gasteiger charge is -2.23. The molecule has 1 aromatic rings. The lowest BCUT2D eigenvalue weighted by Crippen LogP contribution is -2.45. The third-order valence-corrected chi connectivity index (χ3v) is 6.39. The van der Waals surface area contributed by atoms with Gasteiger partial charge in [0.05, 0.1) is 33.5 Å². The van der Waals surface area contributed by atoms with Gasteiger partial charge in [-0.1, -0.05) is 5.16 Å². The lowest BCUT2D eigenvalue weighted by atomic mass is 10.2. The van der Waals surface area contributed by atoms with Crippen LogP contribution in [0.25, 0.3) is 0 Å². The van der Waals surface area contributed by atoms with E-state index in [1.165, 1.54) is 7.11 Å². The number of hydrogen-bond donors (Lipinski definition) is 0. The second-order valence-electron chi connectivity index (χ2n) is 5.60. The summed E-state index contributed by atoms with van der Waals surface area (Å²) in [4.78, 5) is 30.1. The average molecular weight is 524 g/mol. The fourth-order valence-corrected chi connectivity index (χ4v) is 4.12. The van der Waals surface area contributed by atoms with E-state index in [1.807, 2.05) is 0 Å². The standard InChI is InChI=1S/C19H27BrNO9P/c1-6-26-17(22)19(20,18(23)27-7-2)30-21-16(31(24,28-8-3)29-9-4)14-10-12-15(25-5)13-11-14/h10-13H,6-9H2,1-5H3/b21-16-. The van der Waals surface area contributed by atoms with Crippen molar-refractivity contribution in [1.82, 2.24) is 0 Å². The number of alkyl halides is 1. The first-order chi connectivity index (χ1) is 14.7. The Morgan fingerprint density at radius 3 is 1.81 bits per heavy atom. The Morgan fingerprint density at radius 2 is 1.42 bits per heavy atom. The van der Waals surface area contributed by atoms with E-state index >= 15 is 0 Å². The van der Waals surface area contributed by atoms with Crippen LogP contribution in [0.5, 0.6) is 5.75 Å². The van der Waals surface area contributed by atoms with Gasteiger partial charge in [0.2, 0.25) is 0 Å². The highest BCUT2D eigenvalue weighted by Gasteiger charge is 2.51. The van der Waals surface area contributed by atoms with Gasteiger partial charge in [0.1, 0.15) is 5.75 Å². The third kappa shape index (κ3) is 7.03. The number of rotatable bonds is 13. The molecule has 0 heterocycles. The Labute approximate surface area is 189 Å². The summed E-state index contributed by atoms with van der Waals surface area (Å²) in [6.07, 6.45) is 0. The van der Waals surface area contributed by atoms with Crippen LogP contribution in [0.2, 0.25) is 0 Å². The monoisotopic (exact) mass is 523 g/mol. The quantitative estimate of drug-likeness (QED) is 0.0947. The molecule has 10 nitrogen and oxygen atoms in total. The van der Waals surface area contributed by atoms with Crippen molar-refractivity contribution in [3.8, 4) is 5.75 Å². The Morgan fingerprint density at radius 1 is 0.935 bits per heavy atom. The fourth-order valence-electron chi connectivity index (χ4n) is 2.21. The van der Waals surface area contributed by atoms with Crippen molar-refractivity contribution in [1.29, 1.82) is 0 Å². The first-order valence-corrected chi connectivity index (χ1v) is 11.9. The van der Waals surface area contributed by atoms with Gasteiger partial charge in [-0.05, 0) is 67.9 Å². The van der Waals surface area contributed by atoms with E-state index in [2.05, 4.69) is 21.1 Å². The minimum atomic E-state index is -3.99. The van der Waals surface area contributed by atoms with Crippen molar-refractivity contribution in [2.24, 2.45) is 5.16 Å². The highest BCUT2D eigenvalue weighted by atomic mass is 79.9. The molecule has 0 bridgehead atoms. The Balaban J connectivity index is 3.54. The Kier molecular flexibility index (Phi) is 11.2. The molecular formula is C19H27BrNO9P. The minimum absolute atomic E-state index is 0.0274. The molecule has 0 unspecified atom stereocenters. The van der Waals surface area contributed by atoms with Crippen molar-refractivity contribution in [3.63, 3.8) is 0 Å². The molecule has 12 heteroatoms. The second kappa shape index (κ2) is 12.8. The largest absolute Gasteiger partial charge is 0.497 e. The Bertz CT molecular complexity index is 785. The number of carbonyl (C=O) groups is 2. The van der Waals surface area contributed by atoms with Crippen LogP contribution < -0.4 is 4.74 Å². The van der Waals surface area contributed by atoms with E-state index < -0.39 is 24.0 Å². The summed E-state index contributed by atoms with van der Waals surface area (Å²) in [6, 6.07) is 6.31. The van der Waals surface area contributed by atoms with Crippen molar-refractivity contribution in [2.75, 3.05) is 33.5 Å². The molecule has 0 fully saturated rings. The van der Waals surface area contributed by atoms with Crippen LogP contribution >= 0.6 is 23.5 Å². The molecule has 0 saturated carbocycles.